The van der Waals surface area contributed by atoms with Gasteiger partial charge in [0.05, 0.1) is 13.7 Å². The highest BCUT2D eigenvalue weighted by atomic mass is 19.4. The van der Waals surface area contributed by atoms with E-state index < -0.39 is 12.7 Å². The zero-order valence-corrected chi connectivity index (χ0v) is 24.9. The Morgan fingerprint density at radius 1 is 1.16 bits per heavy atom. The molecule has 0 spiro atoms. The van der Waals surface area contributed by atoms with Gasteiger partial charge >= 0.3 is 6.18 Å². The third-order valence-electron chi connectivity index (χ3n) is 8.25. The average molecular weight is 600 g/mol. The Morgan fingerprint density at radius 3 is 2.49 bits per heavy atom. The molecule has 1 saturated heterocycles. The number of alkyl halides is 3. The number of nitrogens with one attached hydrogen (secondary N) is 2. The van der Waals surface area contributed by atoms with Gasteiger partial charge in [0.15, 0.2) is 5.88 Å². The second kappa shape index (κ2) is 11.9. The molecule has 2 N–H and O–H groups in total. The number of hydrogen-bond acceptors (Lipinski definition) is 6. The number of amides is 1. The highest BCUT2D eigenvalue weighted by Gasteiger charge is 2.34. The van der Waals surface area contributed by atoms with Gasteiger partial charge in [-0.05, 0) is 44.0 Å². The summed E-state index contributed by atoms with van der Waals surface area (Å²) in [6.45, 7) is 6.30. The lowest BCUT2D eigenvalue weighted by molar-refractivity contribution is -0.149. The average Bonchev–Trinajstić information content (AvgIpc) is 3.56. The molecule has 43 heavy (non-hydrogen) atoms. The van der Waals surface area contributed by atoms with E-state index in [2.05, 4.69) is 20.2 Å². The van der Waals surface area contributed by atoms with E-state index in [4.69, 9.17) is 4.74 Å². The van der Waals surface area contributed by atoms with Gasteiger partial charge in [-0.3, -0.25) is 24.4 Å². The minimum atomic E-state index is -4.24. The number of halogens is 3. The van der Waals surface area contributed by atoms with E-state index in [1.165, 1.54) is 12.0 Å². The number of aromatic amines is 1. The Hall–Kier alpha value is -4.10. The number of pyridine rings is 2. The van der Waals surface area contributed by atoms with Crippen molar-refractivity contribution >= 4 is 11.4 Å². The summed E-state index contributed by atoms with van der Waals surface area (Å²) in [5.74, 6) is 0.771. The Bertz CT molecular complexity index is 1700. The molecule has 4 aromatic heterocycles. The maximum atomic E-state index is 13.6. The molecular weight excluding hydrogens is 563 g/mol. The van der Waals surface area contributed by atoms with Crippen LogP contribution in [-0.2, 0) is 13.6 Å². The van der Waals surface area contributed by atoms with Gasteiger partial charge in [0.1, 0.15) is 5.82 Å². The van der Waals surface area contributed by atoms with Gasteiger partial charge in [-0.1, -0.05) is 0 Å². The van der Waals surface area contributed by atoms with E-state index >= 15 is 0 Å². The Balaban J connectivity index is 1.49. The second-order valence-electron chi connectivity index (χ2n) is 11.1. The first-order valence-corrected chi connectivity index (χ1v) is 14.1. The third kappa shape index (κ3) is 6.32. The van der Waals surface area contributed by atoms with Crippen molar-refractivity contribution in [2.45, 2.75) is 39.5 Å². The number of imidazole rings is 1. The third-order valence-corrected chi connectivity index (χ3v) is 8.25. The van der Waals surface area contributed by atoms with E-state index in [0.717, 1.165) is 28.2 Å². The van der Waals surface area contributed by atoms with Crippen molar-refractivity contribution in [3.05, 3.63) is 75.1 Å². The van der Waals surface area contributed by atoms with Crippen LogP contribution in [0, 0.1) is 13.8 Å². The summed E-state index contributed by atoms with van der Waals surface area (Å²) >= 11 is 0. The van der Waals surface area contributed by atoms with Crippen LogP contribution in [0.25, 0.3) is 16.9 Å². The lowest BCUT2D eigenvalue weighted by Crippen LogP contribution is -2.49. The van der Waals surface area contributed by atoms with Gasteiger partial charge in [-0.25, -0.2) is 4.98 Å². The summed E-state index contributed by atoms with van der Waals surface area (Å²) in [6, 6.07) is 5.29. The predicted octanol–water partition coefficient (Wildman–Crippen LogP) is 3.82. The monoisotopic (exact) mass is 599 g/mol. The molecule has 0 bridgehead atoms. The van der Waals surface area contributed by atoms with Gasteiger partial charge in [0, 0.05) is 98.4 Å². The molecule has 0 aliphatic carbocycles. The minimum absolute atomic E-state index is 0.0280. The summed E-state index contributed by atoms with van der Waals surface area (Å²) < 4.78 is 48.0. The fourth-order valence-corrected chi connectivity index (χ4v) is 5.91. The summed E-state index contributed by atoms with van der Waals surface area (Å²) in [4.78, 5) is 36.9. The number of aromatic nitrogens is 4. The number of aryl methyl sites for hydroxylation is 2. The highest BCUT2D eigenvalue weighted by molar-refractivity contribution is 5.97. The molecule has 1 atom stereocenters. The Labute approximate surface area is 247 Å². The molecule has 1 aliphatic rings. The van der Waals surface area contributed by atoms with Crippen molar-refractivity contribution in [3.63, 3.8) is 0 Å². The first kappa shape index (κ1) is 30.4. The van der Waals surface area contributed by atoms with E-state index in [1.807, 2.05) is 54.4 Å². The maximum Gasteiger partial charge on any atom is 0.401 e. The molecule has 10 nitrogen and oxygen atoms in total. The number of methoxy groups -OCH3 is 1. The molecule has 0 saturated carbocycles. The number of carbonyl (C=O) groups is 1. The molecular formula is C30H36F3N7O3. The number of carbonyl (C=O) groups excluding carboxylic acids is 1. The summed E-state index contributed by atoms with van der Waals surface area (Å²) in [7, 11) is 3.37. The van der Waals surface area contributed by atoms with Crippen LogP contribution < -0.4 is 15.6 Å². The molecule has 1 unspecified atom stereocenters. The van der Waals surface area contributed by atoms with Crippen molar-refractivity contribution in [1.82, 2.24) is 34.1 Å². The van der Waals surface area contributed by atoms with Gasteiger partial charge in [-0.15, -0.1) is 0 Å². The molecule has 4 aromatic rings. The van der Waals surface area contributed by atoms with Crippen molar-refractivity contribution in [3.8, 4) is 17.3 Å². The molecule has 1 aliphatic heterocycles. The normalized spacial score (nSPS) is 15.6. The quantitative estimate of drug-likeness (QED) is 0.320. The predicted molar refractivity (Wildman–Crippen MR) is 156 cm³/mol. The van der Waals surface area contributed by atoms with E-state index in [1.54, 1.807) is 19.2 Å². The smallest absolute Gasteiger partial charge is 0.401 e. The van der Waals surface area contributed by atoms with Crippen LogP contribution in [0.15, 0.2) is 41.6 Å². The molecule has 230 valence electrons. The summed E-state index contributed by atoms with van der Waals surface area (Å²) in [5, 5.41) is 2.90. The summed E-state index contributed by atoms with van der Waals surface area (Å²) in [6.07, 6.45) is 1.32. The fraction of sp³-hybridized carbons (Fsp3) is 0.433. The number of hydrogen-bond donors (Lipinski definition) is 2. The van der Waals surface area contributed by atoms with Crippen LogP contribution >= 0.6 is 0 Å². The zero-order chi connectivity index (χ0) is 31.1. The van der Waals surface area contributed by atoms with Crippen molar-refractivity contribution in [2.24, 2.45) is 7.05 Å². The second-order valence-corrected chi connectivity index (χ2v) is 11.1. The molecule has 5 rings (SSSR count). The first-order valence-electron chi connectivity index (χ1n) is 14.1. The van der Waals surface area contributed by atoms with E-state index in [0.29, 0.717) is 48.7 Å². The molecule has 1 amide bonds. The Kier molecular flexibility index (Phi) is 8.39. The van der Waals surface area contributed by atoms with Crippen molar-refractivity contribution in [1.29, 1.82) is 0 Å². The lowest BCUT2D eigenvalue weighted by atomic mass is 10.00. The van der Waals surface area contributed by atoms with E-state index in [9.17, 15) is 22.8 Å². The largest absolute Gasteiger partial charge is 0.482 e. The SMILES string of the molecule is COc1cc(C)c(CNC(=O)c2cc3cc(-c4nccn4C)cn3c(C(C)N3CCN(CC(F)(F)F)CC3)c2C)c(=O)[nH]1. The molecule has 13 heteroatoms. The lowest BCUT2D eigenvalue weighted by Gasteiger charge is -2.39. The summed E-state index contributed by atoms with van der Waals surface area (Å²) in [5.41, 5.74) is 4.50. The van der Waals surface area contributed by atoms with Crippen molar-refractivity contribution < 1.29 is 22.7 Å². The van der Waals surface area contributed by atoms with Gasteiger partial charge in [0.2, 0.25) is 0 Å². The Morgan fingerprint density at radius 2 is 1.88 bits per heavy atom. The van der Waals surface area contributed by atoms with E-state index in [-0.39, 0.29) is 24.1 Å². The molecule has 0 radical (unpaired) electrons. The van der Waals surface area contributed by atoms with Gasteiger partial charge < -0.3 is 19.0 Å². The number of H-pyrrole nitrogens is 1. The highest BCUT2D eigenvalue weighted by Crippen LogP contribution is 2.32. The number of rotatable bonds is 8. The van der Waals surface area contributed by atoms with Crippen LogP contribution in [0.4, 0.5) is 13.2 Å². The fourth-order valence-electron chi connectivity index (χ4n) is 5.91. The minimum Gasteiger partial charge on any atom is -0.482 e. The number of fused-ring (bicyclic) bond motifs is 1. The number of piperazine rings is 1. The van der Waals surface area contributed by atoms with Crippen LogP contribution in [0.5, 0.6) is 5.88 Å². The molecule has 0 aromatic carbocycles. The number of nitrogens with zero attached hydrogens (tertiary/aromatic N) is 5. The van der Waals surface area contributed by atoms with Crippen molar-refractivity contribution in [2.75, 3.05) is 39.8 Å². The van der Waals surface area contributed by atoms with Crippen LogP contribution in [0.1, 0.15) is 45.7 Å². The van der Waals surface area contributed by atoms with Gasteiger partial charge in [0.25, 0.3) is 11.5 Å². The topological polar surface area (TPSA) is 99.9 Å². The molecule has 1 fully saturated rings. The van der Waals surface area contributed by atoms with Crippen LogP contribution in [0.3, 0.4) is 0 Å². The number of ether oxygens (including phenoxy) is 1. The first-order chi connectivity index (χ1) is 20.4. The maximum absolute atomic E-state index is 13.6. The van der Waals surface area contributed by atoms with Crippen LogP contribution in [-0.4, -0.2) is 80.7 Å². The zero-order valence-electron chi connectivity index (χ0n) is 24.9. The standard InChI is InChI=1S/C30H36F3N7O3/c1-18-12-25(43-5)36-29(42)24(18)15-35-28(41)23-14-22-13-21(27-34-6-7-37(27)4)16-40(22)26(19(23)2)20(3)39-10-8-38(9-11-39)17-30(31,32)33/h6-7,12-14,16,20H,8-11,15,17H2,1-5H3,(H,35,41)(H,36,42). The van der Waals surface area contributed by atoms with Crippen LogP contribution in [0.2, 0.25) is 0 Å². The van der Waals surface area contributed by atoms with Gasteiger partial charge in [-0.2, -0.15) is 13.2 Å². The molecule has 5 heterocycles.